The van der Waals surface area contributed by atoms with Gasteiger partial charge in [-0.1, -0.05) is 12.5 Å². The summed E-state index contributed by atoms with van der Waals surface area (Å²) in [5, 5.41) is 13.0. The molecule has 0 amide bonds. The van der Waals surface area contributed by atoms with Gasteiger partial charge < -0.3 is 19.9 Å². The molecule has 1 aromatic rings. The lowest BCUT2D eigenvalue weighted by Gasteiger charge is -2.16. The van der Waals surface area contributed by atoms with Gasteiger partial charge in [0.25, 0.3) is 0 Å². The van der Waals surface area contributed by atoms with Crippen molar-refractivity contribution in [1.29, 1.82) is 0 Å². The maximum absolute atomic E-state index is 12.2. The number of aliphatic hydroxyl groups excluding tert-OH is 1. The summed E-state index contributed by atoms with van der Waals surface area (Å²) < 4.78 is 33.9. The number of aliphatic hydroxyl groups is 1. The van der Waals surface area contributed by atoms with Crippen molar-refractivity contribution in [2.45, 2.75) is 38.5 Å². The Morgan fingerprint density at radius 1 is 1.33 bits per heavy atom. The van der Waals surface area contributed by atoms with Gasteiger partial charge in [0.1, 0.15) is 0 Å². The van der Waals surface area contributed by atoms with E-state index < -0.39 is 6.61 Å². The maximum atomic E-state index is 12.2. The van der Waals surface area contributed by atoms with Crippen LogP contribution >= 0.6 is 0 Å². The summed E-state index contributed by atoms with van der Waals surface area (Å²) in [6, 6.07) is 4.88. The average Bonchev–Trinajstić information content (AvgIpc) is 2.85. The normalized spacial score (nSPS) is 21.8. The molecule has 0 radical (unpaired) electrons. The van der Waals surface area contributed by atoms with E-state index in [1.54, 1.807) is 12.1 Å². The first-order chi connectivity index (χ1) is 10.1. The number of benzene rings is 1. The Hall–Kier alpha value is -1.40. The van der Waals surface area contributed by atoms with E-state index in [2.05, 4.69) is 10.1 Å². The van der Waals surface area contributed by atoms with Crippen molar-refractivity contribution >= 4 is 0 Å². The summed E-state index contributed by atoms with van der Waals surface area (Å²) in [6.45, 7) is -1.53. The van der Waals surface area contributed by atoms with E-state index in [9.17, 15) is 13.9 Å². The third-order valence-corrected chi connectivity index (χ3v) is 3.80. The quantitative estimate of drug-likeness (QED) is 0.812. The zero-order valence-corrected chi connectivity index (χ0v) is 12.0. The zero-order chi connectivity index (χ0) is 15.2. The van der Waals surface area contributed by atoms with E-state index in [1.165, 1.54) is 13.2 Å². The Bertz CT molecular complexity index is 457. The second-order valence-electron chi connectivity index (χ2n) is 5.25. The van der Waals surface area contributed by atoms with Gasteiger partial charge in [0.2, 0.25) is 0 Å². The Labute approximate surface area is 123 Å². The van der Waals surface area contributed by atoms with Crippen LogP contribution in [0.25, 0.3) is 0 Å². The van der Waals surface area contributed by atoms with E-state index in [1.807, 2.05) is 0 Å². The number of rotatable bonds is 7. The van der Waals surface area contributed by atoms with Gasteiger partial charge in [-0.25, -0.2) is 0 Å². The smallest absolute Gasteiger partial charge is 0.387 e. The molecule has 1 aromatic carbocycles. The molecule has 0 aliphatic heterocycles. The van der Waals surface area contributed by atoms with Gasteiger partial charge in [-0.2, -0.15) is 8.78 Å². The van der Waals surface area contributed by atoms with Gasteiger partial charge in [-0.15, -0.1) is 0 Å². The lowest BCUT2D eigenvalue weighted by atomic mass is 10.1. The summed E-state index contributed by atoms with van der Waals surface area (Å²) in [7, 11) is 1.42. The van der Waals surface area contributed by atoms with Crippen molar-refractivity contribution in [3.8, 4) is 11.5 Å². The minimum absolute atomic E-state index is 0.0301. The minimum atomic E-state index is -2.87. The number of nitrogens with one attached hydrogen (secondary N) is 1. The highest BCUT2D eigenvalue weighted by molar-refractivity contribution is 5.42. The van der Waals surface area contributed by atoms with Crippen molar-refractivity contribution < 1.29 is 23.4 Å². The van der Waals surface area contributed by atoms with Gasteiger partial charge in [0, 0.05) is 13.1 Å². The van der Waals surface area contributed by atoms with E-state index in [0.717, 1.165) is 31.4 Å². The predicted molar refractivity (Wildman–Crippen MR) is 74.7 cm³/mol. The predicted octanol–water partition coefficient (Wildman–Crippen LogP) is 2.55. The number of methoxy groups -OCH3 is 1. The van der Waals surface area contributed by atoms with E-state index in [4.69, 9.17) is 4.74 Å². The molecular weight excluding hydrogens is 280 g/mol. The lowest BCUT2D eigenvalue weighted by molar-refractivity contribution is -0.0512. The fourth-order valence-electron chi connectivity index (χ4n) is 2.67. The summed E-state index contributed by atoms with van der Waals surface area (Å²) in [6.07, 6.45) is 2.77. The van der Waals surface area contributed by atoms with E-state index in [-0.39, 0.29) is 17.6 Å². The van der Waals surface area contributed by atoms with Crippen LogP contribution in [0.15, 0.2) is 18.2 Å². The van der Waals surface area contributed by atoms with Crippen molar-refractivity contribution in [2.24, 2.45) is 5.92 Å². The molecule has 1 aliphatic rings. The second-order valence-corrected chi connectivity index (χ2v) is 5.25. The number of ether oxygens (including phenoxy) is 2. The van der Waals surface area contributed by atoms with Crippen LogP contribution in [-0.2, 0) is 6.54 Å². The Kier molecular flexibility index (Phi) is 5.76. The monoisotopic (exact) mass is 301 g/mol. The van der Waals surface area contributed by atoms with Gasteiger partial charge in [-0.3, -0.25) is 0 Å². The third kappa shape index (κ3) is 4.54. The highest BCUT2D eigenvalue weighted by Crippen LogP contribution is 2.29. The molecule has 118 valence electrons. The molecule has 0 heterocycles. The van der Waals surface area contributed by atoms with Gasteiger partial charge in [0.05, 0.1) is 13.2 Å². The third-order valence-electron chi connectivity index (χ3n) is 3.80. The van der Waals surface area contributed by atoms with Crippen LogP contribution in [0.2, 0.25) is 0 Å². The number of alkyl halides is 2. The molecule has 0 bridgehead atoms. The Morgan fingerprint density at radius 3 is 2.76 bits per heavy atom. The van der Waals surface area contributed by atoms with Gasteiger partial charge in [-0.05, 0) is 36.5 Å². The highest BCUT2D eigenvalue weighted by atomic mass is 19.3. The highest BCUT2D eigenvalue weighted by Gasteiger charge is 2.24. The molecule has 1 fully saturated rings. The zero-order valence-electron chi connectivity index (χ0n) is 12.0. The first-order valence-corrected chi connectivity index (χ1v) is 7.10. The van der Waals surface area contributed by atoms with Crippen molar-refractivity contribution in [3.05, 3.63) is 23.8 Å². The molecule has 6 heteroatoms. The van der Waals surface area contributed by atoms with Crippen LogP contribution < -0.4 is 14.8 Å². The molecule has 1 saturated carbocycles. The summed E-state index contributed by atoms with van der Waals surface area (Å²) in [5.74, 6) is 0.617. The molecule has 4 nitrogen and oxygen atoms in total. The van der Waals surface area contributed by atoms with Crippen LogP contribution in [0.4, 0.5) is 8.78 Å². The number of hydrogen-bond acceptors (Lipinski definition) is 4. The number of hydrogen-bond donors (Lipinski definition) is 2. The summed E-state index contributed by atoms with van der Waals surface area (Å²) in [5.41, 5.74) is 0.918. The van der Waals surface area contributed by atoms with E-state index >= 15 is 0 Å². The standard InChI is InChI=1S/C15H21F2NO3/c1-20-14-7-10(5-6-13(14)21-15(16)17)8-18-9-11-3-2-4-12(11)19/h5-7,11-12,15,18-19H,2-4,8-9H2,1H3. The SMILES string of the molecule is COc1cc(CNCC2CCCC2O)ccc1OC(F)F. The molecule has 0 aromatic heterocycles. The van der Waals surface area contributed by atoms with Crippen LogP contribution in [0.5, 0.6) is 11.5 Å². The molecule has 2 atom stereocenters. The average molecular weight is 301 g/mol. The molecule has 0 spiro atoms. The van der Waals surface area contributed by atoms with Gasteiger partial charge in [0.15, 0.2) is 11.5 Å². The largest absolute Gasteiger partial charge is 0.493 e. The van der Waals surface area contributed by atoms with Crippen LogP contribution in [0, 0.1) is 5.92 Å². The number of halogens is 2. The van der Waals surface area contributed by atoms with Crippen molar-refractivity contribution in [3.63, 3.8) is 0 Å². The fourth-order valence-corrected chi connectivity index (χ4v) is 2.67. The molecule has 2 unspecified atom stereocenters. The first kappa shape index (κ1) is 16.0. The summed E-state index contributed by atoms with van der Waals surface area (Å²) >= 11 is 0. The molecule has 21 heavy (non-hydrogen) atoms. The van der Waals surface area contributed by atoms with Crippen LogP contribution in [0.3, 0.4) is 0 Å². The van der Waals surface area contributed by atoms with E-state index in [0.29, 0.717) is 12.5 Å². The van der Waals surface area contributed by atoms with Gasteiger partial charge >= 0.3 is 6.61 Å². The summed E-state index contributed by atoms with van der Waals surface area (Å²) in [4.78, 5) is 0. The molecule has 0 saturated heterocycles. The minimum Gasteiger partial charge on any atom is -0.493 e. The molecule has 1 aliphatic carbocycles. The van der Waals surface area contributed by atoms with Crippen molar-refractivity contribution in [1.82, 2.24) is 5.32 Å². The fraction of sp³-hybridized carbons (Fsp3) is 0.600. The topological polar surface area (TPSA) is 50.7 Å². The molecule has 2 rings (SSSR count). The van der Waals surface area contributed by atoms with Crippen LogP contribution in [-0.4, -0.2) is 31.5 Å². The Balaban J connectivity index is 1.88. The second kappa shape index (κ2) is 7.56. The van der Waals surface area contributed by atoms with Crippen LogP contribution in [0.1, 0.15) is 24.8 Å². The lowest BCUT2D eigenvalue weighted by Crippen LogP contribution is -2.27. The Morgan fingerprint density at radius 2 is 2.14 bits per heavy atom. The maximum Gasteiger partial charge on any atom is 0.387 e. The van der Waals surface area contributed by atoms with Crippen molar-refractivity contribution in [2.75, 3.05) is 13.7 Å². The molecule has 2 N–H and O–H groups in total. The molecular formula is C15H21F2NO3. The first-order valence-electron chi connectivity index (χ1n) is 7.10.